The molecule has 1 N–H and O–H groups in total. The third-order valence-electron chi connectivity index (χ3n) is 3.44. The lowest BCUT2D eigenvalue weighted by molar-refractivity contribution is 0.924. The molecule has 1 fully saturated rings. The Morgan fingerprint density at radius 2 is 2.05 bits per heavy atom. The Bertz CT molecular complexity index is 621. The quantitative estimate of drug-likeness (QED) is 0.924. The van der Waals surface area contributed by atoms with Crippen molar-refractivity contribution in [3.05, 3.63) is 40.1 Å². The minimum absolute atomic E-state index is 0.554. The lowest BCUT2D eigenvalue weighted by Crippen LogP contribution is -2.04. The number of rotatable bonds is 3. The van der Waals surface area contributed by atoms with E-state index >= 15 is 0 Å². The van der Waals surface area contributed by atoms with E-state index in [1.165, 1.54) is 12.8 Å². The Morgan fingerprint density at radius 1 is 1.26 bits per heavy atom. The topological polar surface area (TPSA) is 37.8 Å². The molecule has 2 aromatic rings. The van der Waals surface area contributed by atoms with Gasteiger partial charge in [-0.05, 0) is 31.9 Å². The Balaban J connectivity index is 2.15. The van der Waals surface area contributed by atoms with Gasteiger partial charge in [-0.1, -0.05) is 28.1 Å². The predicted octanol–water partition coefficient (Wildman–Crippen LogP) is 4.13. The van der Waals surface area contributed by atoms with Crippen LogP contribution in [0.5, 0.6) is 0 Å². The normalized spacial score (nSPS) is 14.5. The van der Waals surface area contributed by atoms with Crippen LogP contribution in [-0.2, 0) is 0 Å². The first-order valence-corrected chi connectivity index (χ1v) is 7.30. The lowest BCUT2D eigenvalue weighted by Gasteiger charge is -2.12. The van der Waals surface area contributed by atoms with Gasteiger partial charge in [-0.3, -0.25) is 0 Å². The van der Waals surface area contributed by atoms with E-state index in [0.29, 0.717) is 5.92 Å². The van der Waals surface area contributed by atoms with Gasteiger partial charge in [-0.2, -0.15) is 0 Å². The molecule has 1 heterocycles. The largest absolute Gasteiger partial charge is 0.373 e. The van der Waals surface area contributed by atoms with Crippen molar-refractivity contribution in [3.8, 4) is 11.3 Å². The van der Waals surface area contributed by atoms with E-state index in [-0.39, 0.29) is 0 Å². The van der Waals surface area contributed by atoms with Crippen molar-refractivity contribution in [2.45, 2.75) is 25.7 Å². The van der Waals surface area contributed by atoms with Gasteiger partial charge in [0, 0.05) is 28.6 Å². The second kappa shape index (κ2) is 4.93. The smallest absolute Gasteiger partial charge is 0.134 e. The average molecular weight is 318 g/mol. The molecule has 3 nitrogen and oxygen atoms in total. The fourth-order valence-corrected chi connectivity index (χ4v) is 2.62. The van der Waals surface area contributed by atoms with E-state index in [2.05, 4.69) is 45.3 Å². The van der Waals surface area contributed by atoms with Crippen LogP contribution in [0.4, 0.5) is 5.82 Å². The molecule has 0 bridgehead atoms. The van der Waals surface area contributed by atoms with Crippen molar-refractivity contribution in [2.24, 2.45) is 0 Å². The van der Waals surface area contributed by atoms with Gasteiger partial charge in [0.2, 0.25) is 0 Å². The highest BCUT2D eigenvalue weighted by atomic mass is 79.9. The zero-order valence-corrected chi connectivity index (χ0v) is 12.7. The van der Waals surface area contributed by atoms with Crippen LogP contribution < -0.4 is 5.32 Å². The monoisotopic (exact) mass is 317 g/mol. The first kappa shape index (κ1) is 12.6. The number of halogens is 1. The van der Waals surface area contributed by atoms with Crippen LogP contribution in [0.1, 0.15) is 30.1 Å². The Hall–Kier alpha value is -1.42. The van der Waals surface area contributed by atoms with Crippen LogP contribution in [0.15, 0.2) is 28.7 Å². The summed E-state index contributed by atoms with van der Waals surface area (Å²) >= 11 is 3.52. The highest BCUT2D eigenvalue weighted by Gasteiger charge is 2.28. The molecule has 1 aromatic heterocycles. The van der Waals surface area contributed by atoms with E-state index in [1.807, 2.05) is 19.2 Å². The molecule has 0 radical (unpaired) electrons. The molecule has 0 unspecified atom stereocenters. The second-order valence-corrected chi connectivity index (χ2v) is 5.85. The number of hydrogen-bond donors (Lipinski definition) is 1. The van der Waals surface area contributed by atoms with Crippen LogP contribution in [0, 0.1) is 6.92 Å². The summed E-state index contributed by atoms with van der Waals surface area (Å²) in [6.45, 7) is 2.07. The van der Waals surface area contributed by atoms with E-state index in [0.717, 1.165) is 32.9 Å². The minimum Gasteiger partial charge on any atom is -0.373 e. The molecular weight excluding hydrogens is 302 g/mol. The molecule has 1 aliphatic carbocycles. The third kappa shape index (κ3) is 2.50. The van der Waals surface area contributed by atoms with Crippen molar-refractivity contribution in [3.63, 3.8) is 0 Å². The Morgan fingerprint density at radius 3 is 2.68 bits per heavy atom. The van der Waals surface area contributed by atoms with Crippen molar-refractivity contribution in [1.82, 2.24) is 9.97 Å². The summed E-state index contributed by atoms with van der Waals surface area (Å²) in [5.41, 5.74) is 3.26. The molecular formula is C15H16BrN3. The summed E-state index contributed by atoms with van der Waals surface area (Å²) in [5.74, 6) is 2.47. The van der Waals surface area contributed by atoms with Crippen molar-refractivity contribution in [1.29, 1.82) is 0 Å². The lowest BCUT2D eigenvalue weighted by atomic mass is 10.1. The standard InChI is InChI=1S/C15H16BrN3/c1-9-13(11-4-3-5-12(16)8-11)18-15(10-6-7-10)19-14(9)17-2/h3-5,8,10H,6-7H2,1-2H3,(H,17,18,19). The maximum Gasteiger partial charge on any atom is 0.134 e. The molecule has 0 saturated heterocycles. The third-order valence-corrected chi connectivity index (χ3v) is 3.93. The SMILES string of the molecule is CNc1nc(C2CC2)nc(-c2cccc(Br)c2)c1C. The van der Waals surface area contributed by atoms with Gasteiger partial charge in [0.25, 0.3) is 0 Å². The summed E-state index contributed by atoms with van der Waals surface area (Å²) in [6, 6.07) is 8.26. The summed E-state index contributed by atoms with van der Waals surface area (Å²) in [7, 11) is 1.91. The first-order chi connectivity index (χ1) is 9.19. The van der Waals surface area contributed by atoms with Crippen LogP contribution >= 0.6 is 15.9 Å². The molecule has 98 valence electrons. The zero-order chi connectivity index (χ0) is 13.4. The Kier molecular flexibility index (Phi) is 3.27. The zero-order valence-electron chi connectivity index (χ0n) is 11.1. The van der Waals surface area contributed by atoms with Gasteiger partial charge >= 0.3 is 0 Å². The number of hydrogen-bond acceptors (Lipinski definition) is 3. The predicted molar refractivity (Wildman–Crippen MR) is 81.4 cm³/mol. The number of anilines is 1. The van der Waals surface area contributed by atoms with E-state index in [4.69, 9.17) is 4.98 Å². The van der Waals surface area contributed by atoms with E-state index in [9.17, 15) is 0 Å². The first-order valence-electron chi connectivity index (χ1n) is 6.51. The van der Waals surface area contributed by atoms with Crippen molar-refractivity contribution >= 4 is 21.7 Å². The van der Waals surface area contributed by atoms with Gasteiger partial charge in [0.05, 0.1) is 5.69 Å². The molecule has 0 atom stereocenters. The van der Waals surface area contributed by atoms with E-state index < -0.39 is 0 Å². The van der Waals surface area contributed by atoms with Crippen LogP contribution in [0.2, 0.25) is 0 Å². The fourth-order valence-electron chi connectivity index (χ4n) is 2.22. The molecule has 19 heavy (non-hydrogen) atoms. The molecule has 3 rings (SSSR count). The Labute approximate surface area is 121 Å². The highest BCUT2D eigenvalue weighted by Crippen LogP contribution is 2.40. The summed E-state index contributed by atoms with van der Waals surface area (Å²) in [4.78, 5) is 9.41. The van der Waals surface area contributed by atoms with Gasteiger partial charge < -0.3 is 5.32 Å². The van der Waals surface area contributed by atoms with Crippen LogP contribution in [0.3, 0.4) is 0 Å². The molecule has 0 amide bonds. The van der Waals surface area contributed by atoms with Gasteiger partial charge in [0.1, 0.15) is 11.6 Å². The molecule has 1 saturated carbocycles. The average Bonchev–Trinajstić information content (AvgIpc) is 3.23. The number of nitrogens with zero attached hydrogens (tertiary/aromatic N) is 2. The number of nitrogens with one attached hydrogen (secondary N) is 1. The second-order valence-electron chi connectivity index (χ2n) is 4.94. The van der Waals surface area contributed by atoms with E-state index in [1.54, 1.807) is 0 Å². The highest BCUT2D eigenvalue weighted by molar-refractivity contribution is 9.10. The summed E-state index contributed by atoms with van der Waals surface area (Å²) in [5, 5.41) is 3.18. The molecule has 0 spiro atoms. The maximum atomic E-state index is 4.78. The number of benzene rings is 1. The van der Waals surface area contributed by atoms with Crippen LogP contribution in [0.25, 0.3) is 11.3 Å². The fraction of sp³-hybridized carbons (Fsp3) is 0.333. The van der Waals surface area contributed by atoms with Gasteiger partial charge in [-0.15, -0.1) is 0 Å². The summed E-state index contributed by atoms with van der Waals surface area (Å²) in [6.07, 6.45) is 2.42. The maximum absolute atomic E-state index is 4.78. The van der Waals surface area contributed by atoms with Crippen LogP contribution in [-0.4, -0.2) is 17.0 Å². The molecule has 1 aliphatic rings. The van der Waals surface area contributed by atoms with Gasteiger partial charge in [-0.25, -0.2) is 9.97 Å². The van der Waals surface area contributed by atoms with Gasteiger partial charge in [0.15, 0.2) is 0 Å². The van der Waals surface area contributed by atoms with Crippen molar-refractivity contribution < 1.29 is 0 Å². The molecule has 1 aromatic carbocycles. The minimum atomic E-state index is 0.554. The van der Waals surface area contributed by atoms with Crippen molar-refractivity contribution in [2.75, 3.05) is 12.4 Å². The molecule has 0 aliphatic heterocycles. The summed E-state index contributed by atoms with van der Waals surface area (Å²) < 4.78 is 1.07. The number of aromatic nitrogens is 2. The molecule has 4 heteroatoms.